The average molecular weight is 248 g/mol. The zero-order valence-corrected chi connectivity index (χ0v) is 9.11. The highest BCUT2D eigenvalue weighted by Gasteiger charge is 2.23. The lowest BCUT2D eigenvalue weighted by atomic mass is 9.98. The van der Waals surface area contributed by atoms with Crippen LogP contribution < -0.4 is 4.74 Å². The molecule has 0 aromatic heterocycles. The summed E-state index contributed by atoms with van der Waals surface area (Å²) in [5, 5.41) is 0. The molecule has 1 aromatic carbocycles. The van der Waals surface area contributed by atoms with Gasteiger partial charge in [0, 0.05) is 6.07 Å². The predicted molar refractivity (Wildman–Crippen MR) is 53.8 cm³/mol. The third-order valence-electron chi connectivity index (χ3n) is 2.92. The van der Waals surface area contributed by atoms with E-state index in [0.717, 1.165) is 32.1 Å². The lowest BCUT2D eigenvalue weighted by Gasteiger charge is -2.23. The maximum atomic E-state index is 13.3. The van der Waals surface area contributed by atoms with Crippen molar-refractivity contribution < 1.29 is 22.3 Å². The van der Waals surface area contributed by atoms with Crippen molar-refractivity contribution in [3.8, 4) is 5.75 Å². The van der Waals surface area contributed by atoms with E-state index in [1.165, 1.54) is 0 Å². The predicted octanol–water partition coefficient (Wildman–Crippen LogP) is 3.95. The summed E-state index contributed by atoms with van der Waals surface area (Å²) < 4.78 is 57.0. The van der Waals surface area contributed by atoms with Crippen molar-refractivity contribution in [2.75, 3.05) is 0 Å². The lowest BCUT2D eigenvalue weighted by molar-refractivity contribution is 0.145. The van der Waals surface area contributed by atoms with Gasteiger partial charge in [-0.25, -0.2) is 13.2 Å². The van der Waals surface area contributed by atoms with E-state index in [-0.39, 0.29) is 6.10 Å². The molecule has 5 heteroatoms. The maximum Gasteiger partial charge on any atom is 0.203 e. The molecule has 1 fully saturated rings. The van der Waals surface area contributed by atoms with Gasteiger partial charge in [-0.1, -0.05) is 6.42 Å². The molecule has 0 bridgehead atoms. The zero-order valence-electron chi connectivity index (χ0n) is 9.11. The summed E-state index contributed by atoms with van der Waals surface area (Å²) in [6, 6.07) is 0.558. The van der Waals surface area contributed by atoms with Crippen LogP contribution in [0.3, 0.4) is 0 Å². The average Bonchev–Trinajstić information content (AvgIpc) is 2.35. The Morgan fingerprint density at radius 2 is 1.53 bits per heavy atom. The summed E-state index contributed by atoms with van der Waals surface area (Å²) >= 11 is 0. The van der Waals surface area contributed by atoms with E-state index in [1.54, 1.807) is 0 Å². The SMILES string of the molecule is Fc1cc(OC2CCCCC2)c(F)c(F)c1F. The van der Waals surface area contributed by atoms with Gasteiger partial charge in [0.05, 0.1) is 6.10 Å². The van der Waals surface area contributed by atoms with Crippen LogP contribution in [0, 0.1) is 23.3 Å². The molecule has 0 unspecified atom stereocenters. The van der Waals surface area contributed by atoms with Gasteiger partial charge in [0.1, 0.15) is 0 Å². The Labute approximate surface area is 96.4 Å². The quantitative estimate of drug-likeness (QED) is 0.437. The Bertz CT molecular complexity index is 413. The molecule has 0 N–H and O–H groups in total. The third-order valence-corrected chi connectivity index (χ3v) is 2.92. The largest absolute Gasteiger partial charge is 0.487 e. The molecule has 0 heterocycles. The summed E-state index contributed by atoms with van der Waals surface area (Å²) in [5.41, 5.74) is 0. The number of halogens is 4. The molecule has 17 heavy (non-hydrogen) atoms. The Balaban J connectivity index is 2.20. The van der Waals surface area contributed by atoms with Gasteiger partial charge in [0.25, 0.3) is 0 Å². The Morgan fingerprint density at radius 1 is 0.882 bits per heavy atom. The number of hydrogen-bond donors (Lipinski definition) is 0. The van der Waals surface area contributed by atoms with Crippen LogP contribution >= 0.6 is 0 Å². The topological polar surface area (TPSA) is 9.23 Å². The van der Waals surface area contributed by atoms with Crippen molar-refractivity contribution in [3.05, 3.63) is 29.3 Å². The molecule has 1 aromatic rings. The Kier molecular flexibility index (Phi) is 3.54. The highest BCUT2D eigenvalue weighted by molar-refractivity contribution is 5.27. The molecule has 2 rings (SSSR count). The first-order valence-electron chi connectivity index (χ1n) is 5.59. The fraction of sp³-hybridized carbons (Fsp3) is 0.500. The minimum absolute atomic E-state index is 0.248. The maximum absolute atomic E-state index is 13.3. The third kappa shape index (κ3) is 2.53. The highest BCUT2D eigenvalue weighted by Crippen LogP contribution is 2.28. The van der Waals surface area contributed by atoms with Crippen LogP contribution in [0.15, 0.2) is 6.07 Å². The first kappa shape index (κ1) is 12.2. The minimum atomic E-state index is -1.82. The summed E-state index contributed by atoms with van der Waals surface area (Å²) in [6.45, 7) is 0. The van der Waals surface area contributed by atoms with E-state index < -0.39 is 29.0 Å². The number of ether oxygens (including phenoxy) is 1. The van der Waals surface area contributed by atoms with Crippen LogP contribution in [0.25, 0.3) is 0 Å². The summed E-state index contributed by atoms with van der Waals surface area (Å²) in [7, 11) is 0. The number of benzene rings is 1. The van der Waals surface area contributed by atoms with Gasteiger partial charge < -0.3 is 4.74 Å². The first-order valence-corrected chi connectivity index (χ1v) is 5.59. The van der Waals surface area contributed by atoms with Crippen LogP contribution in [0.2, 0.25) is 0 Å². The first-order chi connectivity index (χ1) is 8.09. The smallest absolute Gasteiger partial charge is 0.203 e. The van der Waals surface area contributed by atoms with Crippen LogP contribution in [-0.4, -0.2) is 6.10 Å². The molecule has 0 atom stereocenters. The van der Waals surface area contributed by atoms with Gasteiger partial charge in [-0.05, 0) is 25.7 Å². The molecule has 0 saturated heterocycles. The van der Waals surface area contributed by atoms with Crippen molar-refractivity contribution in [2.24, 2.45) is 0 Å². The fourth-order valence-corrected chi connectivity index (χ4v) is 2.00. The molecule has 1 nitrogen and oxygen atoms in total. The molecule has 0 aliphatic heterocycles. The summed E-state index contributed by atoms with van der Waals surface area (Å²) in [4.78, 5) is 0. The van der Waals surface area contributed by atoms with Crippen molar-refractivity contribution >= 4 is 0 Å². The number of hydrogen-bond acceptors (Lipinski definition) is 1. The van der Waals surface area contributed by atoms with Crippen molar-refractivity contribution in [2.45, 2.75) is 38.2 Å². The zero-order chi connectivity index (χ0) is 12.4. The molecule has 0 spiro atoms. The molecule has 1 saturated carbocycles. The van der Waals surface area contributed by atoms with E-state index in [0.29, 0.717) is 6.07 Å². The molecule has 94 valence electrons. The standard InChI is InChI=1S/C12H12F4O/c13-8-6-9(11(15)12(16)10(8)14)17-7-4-2-1-3-5-7/h6-7H,1-5H2. The van der Waals surface area contributed by atoms with Gasteiger partial charge in [-0.2, -0.15) is 4.39 Å². The Morgan fingerprint density at radius 3 is 2.18 bits per heavy atom. The van der Waals surface area contributed by atoms with Gasteiger partial charge in [-0.15, -0.1) is 0 Å². The summed E-state index contributed by atoms with van der Waals surface area (Å²) in [5.74, 6) is -7.08. The molecular weight excluding hydrogens is 236 g/mol. The van der Waals surface area contributed by atoms with E-state index in [2.05, 4.69) is 0 Å². The van der Waals surface area contributed by atoms with Crippen molar-refractivity contribution in [1.29, 1.82) is 0 Å². The molecular formula is C12H12F4O. The highest BCUT2D eigenvalue weighted by atomic mass is 19.2. The Hall–Kier alpha value is -1.26. The van der Waals surface area contributed by atoms with Crippen molar-refractivity contribution in [3.63, 3.8) is 0 Å². The second-order valence-corrected chi connectivity index (χ2v) is 4.18. The molecule has 1 aliphatic rings. The van der Waals surface area contributed by atoms with E-state index in [4.69, 9.17) is 4.74 Å². The van der Waals surface area contributed by atoms with Crippen LogP contribution in [-0.2, 0) is 0 Å². The second-order valence-electron chi connectivity index (χ2n) is 4.18. The number of rotatable bonds is 2. The second kappa shape index (κ2) is 4.94. The van der Waals surface area contributed by atoms with Crippen LogP contribution in [0.4, 0.5) is 17.6 Å². The van der Waals surface area contributed by atoms with Crippen LogP contribution in [0.5, 0.6) is 5.75 Å². The van der Waals surface area contributed by atoms with Gasteiger partial charge in [0.2, 0.25) is 11.6 Å². The summed E-state index contributed by atoms with van der Waals surface area (Å²) in [6.07, 6.45) is 4.16. The fourth-order valence-electron chi connectivity index (χ4n) is 2.00. The van der Waals surface area contributed by atoms with Gasteiger partial charge in [-0.3, -0.25) is 0 Å². The van der Waals surface area contributed by atoms with Crippen molar-refractivity contribution in [1.82, 2.24) is 0 Å². The minimum Gasteiger partial charge on any atom is -0.487 e. The van der Waals surface area contributed by atoms with Gasteiger partial charge in [0.15, 0.2) is 17.4 Å². The lowest BCUT2D eigenvalue weighted by Crippen LogP contribution is -2.20. The van der Waals surface area contributed by atoms with E-state index in [1.807, 2.05) is 0 Å². The van der Waals surface area contributed by atoms with E-state index >= 15 is 0 Å². The van der Waals surface area contributed by atoms with Gasteiger partial charge >= 0.3 is 0 Å². The normalized spacial score (nSPS) is 17.2. The van der Waals surface area contributed by atoms with Crippen LogP contribution in [0.1, 0.15) is 32.1 Å². The molecule has 0 amide bonds. The molecule has 1 aliphatic carbocycles. The van der Waals surface area contributed by atoms with E-state index in [9.17, 15) is 17.6 Å². The molecule has 0 radical (unpaired) electrons. The monoisotopic (exact) mass is 248 g/mol.